The predicted molar refractivity (Wildman–Crippen MR) is 33.6 cm³/mol. The van der Waals surface area contributed by atoms with E-state index in [1.165, 1.54) is 0 Å². The van der Waals surface area contributed by atoms with Crippen molar-refractivity contribution in [2.24, 2.45) is 0 Å². The molecule has 1 unspecified atom stereocenters. The van der Waals surface area contributed by atoms with Gasteiger partial charge in [-0.25, -0.2) is 8.78 Å². The third kappa shape index (κ3) is 13.9. The van der Waals surface area contributed by atoms with Crippen molar-refractivity contribution in [3.05, 3.63) is 0 Å². The van der Waals surface area contributed by atoms with E-state index in [4.69, 9.17) is 0 Å². The smallest absolute Gasteiger partial charge is 0.772 e. The molecule has 62 valence electrons. The van der Waals surface area contributed by atoms with Crippen LogP contribution >= 0.6 is 0 Å². The van der Waals surface area contributed by atoms with Gasteiger partial charge in [-0.15, -0.1) is 0 Å². The molecule has 11 heavy (non-hydrogen) atoms. The van der Waals surface area contributed by atoms with Gasteiger partial charge in [-0.1, -0.05) is 11.1 Å². The van der Waals surface area contributed by atoms with Crippen LogP contribution in [0.25, 0.3) is 0 Å². The van der Waals surface area contributed by atoms with E-state index in [0.29, 0.717) is 0 Å². The zero-order chi connectivity index (χ0) is 8.20. The van der Waals surface area contributed by atoms with Gasteiger partial charge in [-0.05, 0) is 13.3 Å². The van der Waals surface area contributed by atoms with Crippen LogP contribution in [0.2, 0.25) is 0 Å². The van der Waals surface area contributed by atoms with E-state index in [0.717, 1.165) is 6.92 Å². The van der Waals surface area contributed by atoms with Gasteiger partial charge in [0, 0.05) is 12.2 Å². The summed E-state index contributed by atoms with van der Waals surface area (Å²) >= 11 is -2.18. The third-order valence-electron chi connectivity index (χ3n) is 0.927. The van der Waals surface area contributed by atoms with Crippen LogP contribution in [0.15, 0.2) is 0 Å². The van der Waals surface area contributed by atoms with Crippen molar-refractivity contribution in [3.63, 3.8) is 0 Å². The van der Waals surface area contributed by atoms with E-state index < -0.39 is 17.0 Å². The second-order valence-electron chi connectivity index (χ2n) is 2.18. The largest absolute Gasteiger partial charge is 1.00 e. The molecule has 0 N–H and O–H groups in total. The van der Waals surface area contributed by atoms with Gasteiger partial charge in [-0.3, -0.25) is 4.21 Å². The molecular formula is C5H9F2NaO2S. The second-order valence-corrected chi connectivity index (χ2v) is 3.20. The molecule has 0 saturated carbocycles. The van der Waals surface area contributed by atoms with Gasteiger partial charge < -0.3 is 4.55 Å². The van der Waals surface area contributed by atoms with Gasteiger partial charge >= 0.3 is 29.6 Å². The van der Waals surface area contributed by atoms with Crippen molar-refractivity contribution in [3.8, 4) is 0 Å². The SMILES string of the molecule is CC(F)(F)CCCS(=O)[O-].[Na+]. The Morgan fingerprint density at radius 1 is 1.55 bits per heavy atom. The number of hydrogen-bond acceptors (Lipinski definition) is 2. The van der Waals surface area contributed by atoms with Crippen LogP contribution in [0.5, 0.6) is 0 Å². The predicted octanol–water partition coefficient (Wildman–Crippen LogP) is -1.70. The molecule has 0 rings (SSSR count). The maximum absolute atomic E-state index is 12.0. The first kappa shape index (κ1) is 14.5. The number of alkyl halides is 2. The van der Waals surface area contributed by atoms with E-state index in [1.54, 1.807) is 0 Å². The zero-order valence-corrected chi connectivity index (χ0v) is 9.42. The standard InChI is InChI=1S/C5H10F2O2S.Na/c1-5(6,7)3-2-4-10(8)9;/h2-4H2,1H3,(H,8,9);/q;+1/p-1. The summed E-state index contributed by atoms with van der Waals surface area (Å²) in [6.07, 6.45) is -0.333. The fourth-order valence-electron chi connectivity index (χ4n) is 0.500. The van der Waals surface area contributed by atoms with E-state index in [9.17, 15) is 17.5 Å². The zero-order valence-electron chi connectivity index (χ0n) is 6.60. The molecule has 0 aliphatic carbocycles. The Bertz CT molecular complexity index is 126. The van der Waals surface area contributed by atoms with Crippen LogP contribution in [-0.4, -0.2) is 20.4 Å². The van der Waals surface area contributed by atoms with Crippen molar-refractivity contribution in [1.82, 2.24) is 0 Å². The van der Waals surface area contributed by atoms with E-state index >= 15 is 0 Å². The number of rotatable bonds is 4. The quantitative estimate of drug-likeness (QED) is 0.395. The number of hydrogen-bond donors (Lipinski definition) is 0. The Kier molecular flexibility index (Phi) is 8.54. The van der Waals surface area contributed by atoms with Crippen LogP contribution < -0.4 is 29.6 Å². The Balaban J connectivity index is 0. The second kappa shape index (κ2) is 6.48. The molecule has 2 nitrogen and oxygen atoms in total. The normalized spacial score (nSPS) is 13.8. The molecule has 0 aromatic carbocycles. The molecule has 0 heterocycles. The summed E-state index contributed by atoms with van der Waals surface area (Å²) in [5.41, 5.74) is 0. The molecular weight excluding hydrogens is 185 g/mol. The first-order chi connectivity index (χ1) is 4.42. The van der Waals surface area contributed by atoms with Gasteiger partial charge in [0.15, 0.2) is 0 Å². The van der Waals surface area contributed by atoms with Crippen molar-refractivity contribution in [2.75, 3.05) is 5.75 Å². The summed E-state index contributed by atoms with van der Waals surface area (Å²) in [6.45, 7) is 0.778. The van der Waals surface area contributed by atoms with Gasteiger partial charge in [0.25, 0.3) is 0 Å². The Morgan fingerprint density at radius 2 is 2.00 bits per heavy atom. The van der Waals surface area contributed by atoms with Gasteiger partial charge in [0.1, 0.15) is 0 Å². The van der Waals surface area contributed by atoms with Crippen molar-refractivity contribution in [1.29, 1.82) is 0 Å². The van der Waals surface area contributed by atoms with Crippen LogP contribution in [-0.2, 0) is 11.1 Å². The van der Waals surface area contributed by atoms with Crippen molar-refractivity contribution < 1.29 is 47.1 Å². The first-order valence-electron chi connectivity index (χ1n) is 2.85. The topological polar surface area (TPSA) is 40.1 Å². The van der Waals surface area contributed by atoms with E-state index in [1.807, 2.05) is 0 Å². The van der Waals surface area contributed by atoms with Crippen LogP contribution in [0.4, 0.5) is 8.78 Å². The van der Waals surface area contributed by atoms with E-state index in [-0.39, 0.29) is 48.2 Å². The van der Waals surface area contributed by atoms with Crippen LogP contribution in [0.3, 0.4) is 0 Å². The average molecular weight is 194 g/mol. The first-order valence-corrected chi connectivity index (χ1v) is 4.10. The van der Waals surface area contributed by atoms with Crippen LogP contribution in [0, 0.1) is 0 Å². The maximum atomic E-state index is 12.0. The molecule has 0 spiro atoms. The molecule has 1 atom stereocenters. The summed E-state index contributed by atoms with van der Waals surface area (Å²) < 4.78 is 43.6. The molecule has 0 aromatic heterocycles. The Labute approximate surface area is 89.3 Å². The third-order valence-corrected chi connectivity index (χ3v) is 1.55. The van der Waals surface area contributed by atoms with Gasteiger partial charge in [0.2, 0.25) is 5.92 Å². The molecule has 0 saturated heterocycles. The molecule has 0 fully saturated rings. The summed E-state index contributed by atoms with van der Waals surface area (Å²) in [5.74, 6) is -2.91. The summed E-state index contributed by atoms with van der Waals surface area (Å²) in [6, 6.07) is 0. The molecule has 0 aromatic rings. The van der Waals surface area contributed by atoms with Crippen molar-refractivity contribution in [2.45, 2.75) is 25.7 Å². The molecule has 6 heteroatoms. The minimum absolute atomic E-state index is 0. The average Bonchev–Trinajstić information content (AvgIpc) is 1.59. The summed E-state index contributed by atoms with van der Waals surface area (Å²) in [5, 5.41) is 0. The fraction of sp³-hybridized carbons (Fsp3) is 1.00. The molecule has 0 bridgehead atoms. The molecule has 0 amide bonds. The van der Waals surface area contributed by atoms with Crippen LogP contribution in [0.1, 0.15) is 19.8 Å². The minimum Gasteiger partial charge on any atom is -0.772 e. The number of halogens is 2. The summed E-state index contributed by atoms with van der Waals surface area (Å²) in [4.78, 5) is 0. The molecule has 0 aliphatic rings. The Hall–Kier alpha value is 0.970. The monoisotopic (exact) mass is 194 g/mol. The fourth-order valence-corrected chi connectivity index (χ4v) is 0.880. The van der Waals surface area contributed by atoms with Gasteiger partial charge in [0.05, 0.1) is 0 Å². The Morgan fingerprint density at radius 3 is 2.27 bits per heavy atom. The van der Waals surface area contributed by atoms with E-state index in [2.05, 4.69) is 0 Å². The molecule has 0 aliphatic heterocycles. The molecule has 0 radical (unpaired) electrons. The van der Waals surface area contributed by atoms with Crippen molar-refractivity contribution >= 4 is 11.1 Å². The van der Waals surface area contributed by atoms with Gasteiger partial charge in [-0.2, -0.15) is 0 Å². The summed E-state index contributed by atoms with van der Waals surface area (Å²) in [7, 11) is 0. The minimum atomic E-state index is -2.74. The maximum Gasteiger partial charge on any atom is 1.00 e.